The average molecular weight is 379 g/mol. The van der Waals surface area contributed by atoms with Crippen molar-refractivity contribution in [3.05, 3.63) is 59.4 Å². The SMILES string of the molecule is Cc1ccc(C(=O)N(C)CC(=O)Nc2ccc(F)cc2)cc1S(N)(=O)=O. The second kappa shape index (κ2) is 7.63. The summed E-state index contributed by atoms with van der Waals surface area (Å²) in [5.41, 5.74) is 0.904. The molecule has 0 radical (unpaired) electrons. The minimum atomic E-state index is -3.96. The zero-order chi connectivity index (χ0) is 19.5. The molecule has 0 aliphatic rings. The number of primary sulfonamides is 1. The fraction of sp³-hybridized carbons (Fsp3) is 0.176. The second-order valence-electron chi connectivity index (χ2n) is 5.74. The second-order valence-corrected chi connectivity index (χ2v) is 7.27. The minimum Gasteiger partial charge on any atom is -0.332 e. The van der Waals surface area contributed by atoms with Gasteiger partial charge in [0.05, 0.1) is 11.4 Å². The van der Waals surface area contributed by atoms with Crippen molar-refractivity contribution >= 4 is 27.5 Å². The summed E-state index contributed by atoms with van der Waals surface area (Å²) in [4.78, 5) is 25.4. The molecule has 0 aromatic heterocycles. The summed E-state index contributed by atoms with van der Waals surface area (Å²) in [5, 5.41) is 7.67. The summed E-state index contributed by atoms with van der Waals surface area (Å²) < 4.78 is 36.0. The van der Waals surface area contributed by atoms with Crippen molar-refractivity contribution in [2.75, 3.05) is 18.9 Å². The third kappa shape index (κ3) is 4.87. The molecule has 2 aromatic carbocycles. The summed E-state index contributed by atoms with van der Waals surface area (Å²) in [7, 11) is -2.56. The highest BCUT2D eigenvalue weighted by Crippen LogP contribution is 2.17. The number of nitrogens with zero attached hydrogens (tertiary/aromatic N) is 1. The molecule has 0 bridgehead atoms. The number of benzene rings is 2. The van der Waals surface area contributed by atoms with Gasteiger partial charge in [-0.15, -0.1) is 0 Å². The lowest BCUT2D eigenvalue weighted by molar-refractivity contribution is -0.116. The first-order valence-electron chi connectivity index (χ1n) is 7.52. The van der Waals surface area contributed by atoms with Crippen molar-refractivity contribution in [3.8, 4) is 0 Å². The van der Waals surface area contributed by atoms with Crippen molar-refractivity contribution < 1.29 is 22.4 Å². The highest BCUT2D eigenvalue weighted by molar-refractivity contribution is 7.89. The molecule has 2 amide bonds. The Hall–Kier alpha value is -2.78. The average Bonchev–Trinajstić information content (AvgIpc) is 2.55. The van der Waals surface area contributed by atoms with Crippen molar-refractivity contribution in [2.45, 2.75) is 11.8 Å². The van der Waals surface area contributed by atoms with Crippen molar-refractivity contribution in [1.29, 1.82) is 0 Å². The van der Waals surface area contributed by atoms with Crippen LogP contribution in [0.25, 0.3) is 0 Å². The molecule has 0 heterocycles. The lowest BCUT2D eigenvalue weighted by atomic mass is 10.1. The zero-order valence-corrected chi connectivity index (χ0v) is 15.0. The lowest BCUT2D eigenvalue weighted by Gasteiger charge is -2.17. The molecule has 0 saturated carbocycles. The number of aryl methyl sites for hydroxylation is 1. The topological polar surface area (TPSA) is 110 Å². The van der Waals surface area contributed by atoms with Crippen LogP contribution in [0.5, 0.6) is 0 Å². The van der Waals surface area contributed by atoms with Gasteiger partial charge in [0.25, 0.3) is 5.91 Å². The molecule has 26 heavy (non-hydrogen) atoms. The van der Waals surface area contributed by atoms with Gasteiger partial charge in [0.2, 0.25) is 15.9 Å². The number of carbonyl (C=O) groups excluding carboxylic acids is 2. The summed E-state index contributed by atoms with van der Waals surface area (Å²) >= 11 is 0. The Labute approximate surface area is 150 Å². The summed E-state index contributed by atoms with van der Waals surface area (Å²) in [6, 6.07) is 9.31. The fourth-order valence-electron chi connectivity index (χ4n) is 2.28. The summed E-state index contributed by atoms with van der Waals surface area (Å²) in [5.74, 6) is -1.45. The normalized spacial score (nSPS) is 11.1. The Kier molecular flexibility index (Phi) is 5.73. The molecule has 0 atom stereocenters. The number of amides is 2. The van der Waals surface area contributed by atoms with E-state index in [0.717, 1.165) is 4.90 Å². The van der Waals surface area contributed by atoms with Crippen LogP contribution in [-0.4, -0.2) is 38.7 Å². The van der Waals surface area contributed by atoms with Crippen molar-refractivity contribution in [2.24, 2.45) is 5.14 Å². The van der Waals surface area contributed by atoms with Gasteiger partial charge in [-0.05, 0) is 48.9 Å². The number of sulfonamides is 1. The number of hydrogen-bond acceptors (Lipinski definition) is 4. The highest BCUT2D eigenvalue weighted by Gasteiger charge is 2.19. The van der Waals surface area contributed by atoms with Crippen LogP contribution >= 0.6 is 0 Å². The van der Waals surface area contributed by atoms with Gasteiger partial charge in [-0.3, -0.25) is 9.59 Å². The number of rotatable bonds is 5. The number of carbonyl (C=O) groups is 2. The molecular formula is C17H18FN3O4S. The van der Waals surface area contributed by atoms with Gasteiger partial charge in [0.15, 0.2) is 0 Å². The van der Waals surface area contributed by atoms with Gasteiger partial charge in [-0.1, -0.05) is 6.07 Å². The molecule has 138 valence electrons. The van der Waals surface area contributed by atoms with E-state index in [0.29, 0.717) is 11.3 Å². The highest BCUT2D eigenvalue weighted by atomic mass is 32.2. The van der Waals surface area contributed by atoms with Crippen LogP contribution in [0, 0.1) is 12.7 Å². The maximum Gasteiger partial charge on any atom is 0.254 e. The maximum absolute atomic E-state index is 12.9. The smallest absolute Gasteiger partial charge is 0.254 e. The van der Waals surface area contributed by atoms with Crippen molar-refractivity contribution in [3.63, 3.8) is 0 Å². The lowest BCUT2D eigenvalue weighted by Crippen LogP contribution is -2.35. The zero-order valence-electron chi connectivity index (χ0n) is 14.2. The fourth-order valence-corrected chi connectivity index (χ4v) is 3.09. The van der Waals surface area contributed by atoms with Crippen LogP contribution < -0.4 is 10.5 Å². The molecule has 9 heteroatoms. The molecule has 0 fully saturated rings. The van der Waals surface area contributed by atoms with E-state index in [1.165, 1.54) is 49.5 Å². The Morgan fingerprint density at radius 3 is 2.35 bits per heavy atom. The Balaban J connectivity index is 2.09. The van der Waals surface area contributed by atoms with E-state index in [2.05, 4.69) is 5.32 Å². The van der Waals surface area contributed by atoms with E-state index in [-0.39, 0.29) is 17.0 Å². The third-order valence-electron chi connectivity index (χ3n) is 3.60. The quantitative estimate of drug-likeness (QED) is 0.820. The van der Waals surface area contributed by atoms with Crippen molar-refractivity contribution in [1.82, 2.24) is 4.90 Å². The van der Waals surface area contributed by atoms with Gasteiger partial charge >= 0.3 is 0 Å². The molecular weight excluding hydrogens is 361 g/mol. The number of nitrogens with two attached hydrogens (primary N) is 1. The third-order valence-corrected chi connectivity index (χ3v) is 4.65. The van der Waals surface area contributed by atoms with E-state index in [9.17, 15) is 22.4 Å². The monoisotopic (exact) mass is 379 g/mol. The Morgan fingerprint density at radius 1 is 1.15 bits per heavy atom. The van der Waals surface area contributed by atoms with Crippen LogP contribution in [-0.2, 0) is 14.8 Å². The summed E-state index contributed by atoms with van der Waals surface area (Å²) in [6.07, 6.45) is 0. The standard InChI is InChI=1S/C17H18FN3O4S/c1-11-3-4-12(9-15(11)26(19,24)25)17(23)21(2)10-16(22)20-14-7-5-13(18)6-8-14/h3-9H,10H2,1-2H3,(H,20,22)(H2,19,24,25). The molecule has 0 saturated heterocycles. The van der Waals surface area contributed by atoms with Crippen LogP contribution in [0.1, 0.15) is 15.9 Å². The van der Waals surface area contributed by atoms with E-state index in [1.807, 2.05) is 0 Å². The van der Waals surface area contributed by atoms with Gasteiger partial charge in [0, 0.05) is 18.3 Å². The molecule has 7 nitrogen and oxygen atoms in total. The number of hydrogen-bond donors (Lipinski definition) is 2. The Bertz CT molecular complexity index is 943. The van der Waals surface area contributed by atoms with E-state index in [1.54, 1.807) is 6.92 Å². The molecule has 0 unspecified atom stereocenters. The number of anilines is 1. The van der Waals surface area contributed by atoms with Gasteiger partial charge in [-0.25, -0.2) is 17.9 Å². The predicted molar refractivity (Wildman–Crippen MR) is 94.5 cm³/mol. The van der Waals surface area contributed by atoms with Gasteiger partial charge < -0.3 is 10.2 Å². The van der Waals surface area contributed by atoms with Crippen LogP contribution in [0.4, 0.5) is 10.1 Å². The molecule has 0 aliphatic heterocycles. The largest absolute Gasteiger partial charge is 0.332 e. The van der Waals surface area contributed by atoms with Gasteiger partial charge in [-0.2, -0.15) is 0 Å². The molecule has 2 rings (SSSR count). The molecule has 3 N–H and O–H groups in total. The van der Waals surface area contributed by atoms with Crippen LogP contribution in [0.2, 0.25) is 0 Å². The van der Waals surface area contributed by atoms with Gasteiger partial charge in [0.1, 0.15) is 5.82 Å². The maximum atomic E-state index is 12.9. The van der Waals surface area contributed by atoms with E-state index >= 15 is 0 Å². The molecule has 2 aromatic rings. The number of likely N-dealkylation sites (N-methyl/N-ethyl adjacent to an activating group) is 1. The first-order valence-corrected chi connectivity index (χ1v) is 9.07. The first kappa shape index (κ1) is 19.5. The molecule has 0 spiro atoms. The number of halogens is 1. The van der Waals surface area contributed by atoms with E-state index < -0.39 is 27.7 Å². The van der Waals surface area contributed by atoms with Crippen LogP contribution in [0.3, 0.4) is 0 Å². The van der Waals surface area contributed by atoms with E-state index in [4.69, 9.17) is 5.14 Å². The van der Waals surface area contributed by atoms with Crippen LogP contribution in [0.15, 0.2) is 47.4 Å². The Morgan fingerprint density at radius 2 is 1.77 bits per heavy atom. The number of nitrogens with one attached hydrogen (secondary N) is 1. The summed E-state index contributed by atoms with van der Waals surface area (Å²) in [6.45, 7) is 1.29. The minimum absolute atomic E-state index is 0.0942. The molecule has 0 aliphatic carbocycles. The first-order chi connectivity index (χ1) is 12.1. The predicted octanol–water partition coefficient (Wildman–Crippen LogP) is 1.49.